The van der Waals surface area contributed by atoms with Crippen molar-refractivity contribution in [1.29, 1.82) is 0 Å². The molecule has 0 amide bonds. The Morgan fingerprint density at radius 3 is 1.88 bits per heavy atom. The molecular weight excluding hydrogens is 236 g/mol. The lowest BCUT2D eigenvalue weighted by atomic mass is 9.87. The van der Waals surface area contributed by atoms with Crippen molar-refractivity contribution in [3.05, 3.63) is 17.5 Å². The van der Waals surface area contributed by atoms with Gasteiger partial charge in [0.2, 0.25) is 0 Å². The summed E-state index contributed by atoms with van der Waals surface area (Å²) in [5.41, 5.74) is -2.37. The second-order valence-corrected chi connectivity index (χ2v) is 4.62. The van der Waals surface area contributed by atoms with Crippen LogP contribution in [0.25, 0.3) is 0 Å². The summed E-state index contributed by atoms with van der Waals surface area (Å²) in [7, 11) is -2.13. The number of hydrogen-bond acceptors (Lipinski definition) is 4. The molecule has 17 heavy (non-hydrogen) atoms. The van der Waals surface area contributed by atoms with Crippen LogP contribution in [-0.2, 0) is 11.6 Å². The summed E-state index contributed by atoms with van der Waals surface area (Å²) in [6, 6.07) is 0.811. The van der Waals surface area contributed by atoms with E-state index < -0.39 is 30.1 Å². The molecule has 0 spiro atoms. The van der Waals surface area contributed by atoms with Gasteiger partial charge in [-0.1, -0.05) is 20.8 Å². The first kappa shape index (κ1) is 13.9. The van der Waals surface area contributed by atoms with Gasteiger partial charge < -0.3 is 10.0 Å². The summed E-state index contributed by atoms with van der Waals surface area (Å²) in [6.07, 6.45) is -4.65. The fourth-order valence-corrected chi connectivity index (χ4v) is 1.11. The van der Waals surface area contributed by atoms with Gasteiger partial charge in [-0.05, 0) is 6.07 Å². The summed E-state index contributed by atoms with van der Waals surface area (Å²) in [4.78, 5) is 6.79. The van der Waals surface area contributed by atoms with E-state index in [9.17, 15) is 13.2 Å². The molecule has 1 rings (SSSR count). The van der Waals surface area contributed by atoms with Crippen LogP contribution >= 0.6 is 0 Å². The predicted octanol–water partition coefficient (Wildman–Crippen LogP) is 0.473. The summed E-state index contributed by atoms with van der Waals surface area (Å²) in [5.74, 6) is 0. The third kappa shape index (κ3) is 3.40. The maximum atomic E-state index is 12.5. The minimum atomic E-state index is -4.65. The van der Waals surface area contributed by atoms with E-state index in [4.69, 9.17) is 10.0 Å². The Balaban J connectivity index is 3.40. The van der Waals surface area contributed by atoms with Gasteiger partial charge in [0.25, 0.3) is 0 Å². The van der Waals surface area contributed by atoms with Crippen molar-refractivity contribution in [2.75, 3.05) is 0 Å². The third-order valence-corrected chi connectivity index (χ3v) is 2.03. The van der Waals surface area contributed by atoms with Crippen LogP contribution in [0, 0.1) is 0 Å². The minimum absolute atomic E-state index is 0.0999. The van der Waals surface area contributed by atoms with E-state index >= 15 is 0 Å². The largest absolute Gasteiger partial charge is 0.528 e. The first-order chi connectivity index (χ1) is 7.51. The van der Waals surface area contributed by atoms with Gasteiger partial charge in [-0.15, -0.1) is 0 Å². The van der Waals surface area contributed by atoms with Crippen molar-refractivity contribution in [2.45, 2.75) is 32.4 Å². The normalized spacial score (nSPS) is 12.7. The first-order valence-corrected chi connectivity index (χ1v) is 4.84. The lowest BCUT2D eigenvalue weighted by Gasteiger charge is -2.19. The smallest absolute Gasteiger partial charge is 0.421 e. The van der Waals surface area contributed by atoms with Crippen molar-refractivity contribution in [3.63, 3.8) is 0 Å². The Labute approximate surface area is 96.7 Å². The SMILES string of the molecule is CC(C)(C)c1cc(C(F)(F)F)nc(B(O)O)n1. The molecule has 4 nitrogen and oxygen atoms in total. The summed E-state index contributed by atoms with van der Waals surface area (Å²) >= 11 is 0. The van der Waals surface area contributed by atoms with Crippen LogP contribution in [0.2, 0.25) is 0 Å². The molecule has 0 unspecified atom stereocenters. The van der Waals surface area contributed by atoms with Crippen LogP contribution < -0.4 is 5.72 Å². The molecule has 0 fully saturated rings. The Bertz CT molecular complexity index is 383. The number of aromatic nitrogens is 2. The van der Waals surface area contributed by atoms with Crippen LogP contribution in [0.4, 0.5) is 13.2 Å². The Hall–Kier alpha value is -1.15. The molecule has 0 saturated heterocycles. The van der Waals surface area contributed by atoms with Gasteiger partial charge in [0.05, 0.1) is 0 Å². The molecule has 0 aromatic carbocycles. The summed E-state index contributed by atoms with van der Waals surface area (Å²) in [6.45, 7) is 5.01. The van der Waals surface area contributed by atoms with Crippen LogP contribution in [0.15, 0.2) is 6.07 Å². The van der Waals surface area contributed by atoms with E-state index in [-0.39, 0.29) is 5.69 Å². The molecule has 0 aliphatic carbocycles. The predicted molar refractivity (Wildman–Crippen MR) is 55.6 cm³/mol. The molecule has 0 saturated carbocycles. The number of halogens is 3. The van der Waals surface area contributed by atoms with Gasteiger partial charge in [0.1, 0.15) is 5.69 Å². The molecule has 0 bridgehead atoms. The maximum Gasteiger partial charge on any atom is 0.528 e. The Morgan fingerprint density at radius 1 is 1.06 bits per heavy atom. The number of nitrogens with zero attached hydrogens (tertiary/aromatic N) is 2. The highest BCUT2D eigenvalue weighted by molar-refractivity contribution is 6.56. The zero-order valence-corrected chi connectivity index (χ0v) is 9.58. The zero-order chi connectivity index (χ0) is 13.4. The molecule has 94 valence electrons. The molecule has 2 N–H and O–H groups in total. The number of alkyl halides is 3. The number of hydrogen-bond donors (Lipinski definition) is 2. The fourth-order valence-electron chi connectivity index (χ4n) is 1.11. The topological polar surface area (TPSA) is 66.2 Å². The van der Waals surface area contributed by atoms with E-state index in [1.54, 1.807) is 20.8 Å². The van der Waals surface area contributed by atoms with Gasteiger partial charge in [-0.3, -0.25) is 0 Å². The standard InChI is InChI=1S/C9H12BF3N2O2/c1-8(2,3)5-4-6(9(11,12)13)15-7(14-5)10(16)17/h4,16-17H,1-3H3. The fraction of sp³-hybridized carbons (Fsp3) is 0.556. The maximum absolute atomic E-state index is 12.5. The second kappa shape index (κ2) is 4.27. The van der Waals surface area contributed by atoms with E-state index in [2.05, 4.69) is 9.97 Å². The molecule has 8 heteroatoms. The molecule has 0 radical (unpaired) electrons. The zero-order valence-electron chi connectivity index (χ0n) is 9.58. The van der Waals surface area contributed by atoms with Gasteiger partial charge in [-0.2, -0.15) is 13.2 Å². The van der Waals surface area contributed by atoms with E-state index in [1.165, 1.54) is 0 Å². The van der Waals surface area contributed by atoms with E-state index in [0.717, 1.165) is 6.07 Å². The average molecular weight is 248 g/mol. The molecule has 1 aromatic rings. The molecule has 1 heterocycles. The quantitative estimate of drug-likeness (QED) is 0.709. The number of rotatable bonds is 1. The first-order valence-electron chi connectivity index (χ1n) is 4.84. The molecule has 1 aromatic heterocycles. The second-order valence-electron chi connectivity index (χ2n) is 4.62. The Kier molecular flexibility index (Phi) is 3.49. The van der Waals surface area contributed by atoms with Crippen LogP contribution in [0.5, 0.6) is 0 Å². The van der Waals surface area contributed by atoms with Crippen LogP contribution in [-0.4, -0.2) is 27.1 Å². The van der Waals surface area contributed by atoms with Crippen molar-refractivity contribution < 1.29 is 23.2 Å². The van der Waals surface area contributed by atoms with Crippen LogP contribution in [0.1, 0.15) is 32.2 Å². The van der Waals surface area contributed by atoms with Gasteiger partial charge in [-0.25, -0.2) is 9.97 Å². The van der Waals surface area contributed by atoms with Crippen molar-refractivity contribution in [3.8, 4) is 0 Å². The van der Waals surface area contributed by atoms with E-state index in [0.29, 0.717) is 0 Å². The van der Waals surface area contributed by atoms with Crippen molar-refractivity contribution in [1.82, 2.24) is 9.97 Å². The van der Waals surface area contributed by atoms with Gasteiger partial charge in [0.15, 0.2) is 5.72 Å². The minimum Gasteiger partial charge on any atom is -0.421 e. The highest BCUT2D eigenvalue weighted by Gasteiger charge is 2.36. The molecule has 0 atom stereocenters. The van der Waals surface area contributed by atoms with Gasteiger partial charge >= 0.3 is 13.3 Å². The molecule has 0 aliphatic rings. The van der Waals surface area contributed by atoms with E-state index in [1.807, 2.05) is 0 Å². The summed E-state index contributed by atoms with van der Waals surface area (Å²) in [5, 5.41) is 17.7. The lowest BCUT2D eigenvalue weighted by molar-refractivity contribution is -0.141. The highest BCUT2D eigenvalue weighted by atomic mass is 19.4. The average Bonchev–Trinajstić information content (AvgIpc) is 2.14. The lowest BCUT2D eigenvalue weighted by Crippen LogP contribution is -2.39. The molecular formula is C9H12BF3N2O2. The monoisotopic (exact) mass is 248 g/mol. The Morgan fingerprint density at radius 2 is 1.53 bits per heavy atom. The molecule has 0 aliphatic heterocycles. The van der Waals surface area contributed by atoms with Crippen LogP contribution in [0.3, 0.4) is 0 Å². The summed E-state index contributed by atoms with van der Waals surface area (Å²) < 4.78 is 37.6. The van der Waals surface area contributed by atoms with Crippen molar-refractivity contribution >= 4 is 12.8 Å². The highest BCUT2D eigenvalue weighted by Crippen LogP contribution is 2.29. The van der Waals surface area contributed by atoms with Crippen molar-refractivity contribution in [2.24, 2.45) is 0 Å². The van der Waals surface area contributed by atoms with Gasteiger partial charge in [0, 0.05) is 11.1 Å². The third-order valence-electron chi connectivity index (χ3n) is 2.03.